The number of carboxylic acids is 3. The molecule has 0 spiro atoms. The number of allylic oxidation sites excluding steroid dienone is 1. The number of aliphatic hydroxyl groups excluding tert-OH is 1. The summed E-state index contributed by atoms with van der Waals surface area (Å²) >= 11 is 0. The third kappa shape index (κ3) is 14.4. The van der Waals surface area contributed by atoms with Crippen LogP contribution < -0.4 is 0 Å². The summed E-state index contributed by atoms with van der Waals surface area (Å²) in [5, 5.41) is 36.5. The molecule has 150 valence electrons. The molecule has 0 heterocycles. The van der Waals surface area contributed by atoms with Crippen molar-refractivity contribution >= 4 is 17.9 Å². The molecule has 1 unspecified atom stereocenters. The van der Waals surface area contributed by atoms with Crippen LogP contribution in [0.25, 0.3) is 0 Å². The van der Waals surface area contributed by atoms with Crippen LogP contribution >= 0.6 is 0 Å². The molecule has 9 heteroatoms. The Kier molecular flexibility index (Phi) is 13.1. The molecule has 0 radical (unpaired) electrons. The molecule has 0 aliphatic carbocycles. The smallest absolute Gasteiger partial charge is 0.304 e. The van der Waals surface area contributed by atoms with Gasteiger partial charge in [-0.15, -0.1) is 6.58 Å². The first-order chi connectivity index (χ1) is 12.2. The van der Waals surface area contributed by atoms with E-state index in [-0.39, 0.29) is 38.9 Å². The first kappa shape index (κ1) is 24.0. The van der Waals surface area contributed by atoms with Gasteiger partial charge in [0.15, 0.2) is 0 Å². The van der Waals surface area contributed by atoms with Gasteiger partial charge in [0.05, 0.1) is 25.4 Å². The molecule has 0 aromatic rings. The second-order valence-corrected chi connectivity index (χ2v) is 6.09. The van der Waals surface area contributed by atoms with Crippen molar-refractivity contribution in [3.63, 3.8) is 0 Å². The maximum absolute atomic E-state index is 10.8. The third-order valence-corrected chi connectivity index (χ3v) is 3.83. The van der Waals surface area contributed by atoms with Crippen molar-refractivity contribution in [2.45, 2.75) is 38.2 Å². The summed E-state index contributed by atoms with van der Waals surface area (Å²) in [4.78, 5) is 35.8. The van der Waals surface area contributed by atoms with Crippen LogP contribution in [0.2, 0.25) is 0 Å². The van der Waals surface area contributed by atoms with Crippen LogP contribution in [-0.2, 0) is 14.4 Å². The molecule has 1 atom stereocenters. The van der Waals surface area contributed by atoms with Gasteiger partial charge in [0.1, 0.15) is 0 Å². The molecule has 0 saturated carbocycles. The first-order valence-corrected chi connectivity index (χ1v) is 8.63. The van der Waals surface area contributed by atoms with E-state index in [4.69, 9.17) is 15.3 Å². The normalized spacial score (nSPS) is 12.3. The Balaban J connectivity index is 4.65. The van der Waals surface area contributed by atoms with Crippen LogP contribution in [0.1, 0.15) is 32.1 Å². The highest BCUT2D eigenvalue weighted by Gasteiger charge is 2.16. The van der Waals surface area contributed by atoms with Gasteiger partial charge in [-0.25, -0.2) is 0 Å². The Bertz CT molecular complexity index is 438. The van der Waals surface area contributed by atoms with Gasteiger partial charge in [0, 0.05) is 39.3 Å². The number of rotatable bonds is 17. The molecule has 0 aromatic carbocycles. The standard InChI is InChI=1S/C17H30N2O7/c1-2-3-4-14(20)13-19(10-7-17(25)26)12-11-18(8-5-15(21)22)9-6-16(23)24/h2,14,20H,1,3-13H2,(H,21,22)(H,23,24)(H,25,26). The number of nitrogens with zero attached hydrogens (tertiary/aromatic N) is 2. The van der Waals surface area contributed by atoms with Gasteiger partial charge in [0.25, 0.3) is 0 Å². The molecule has 9 nitrogen and oxygen atoms in total. The number of aliphatic hydroxyl groups is 1. The summed E-state index contributed by atoms with van der Waals surface area (Å²) in [6, 6.07) is 0. The Hall–Kier alpha value is -1.97. The maximum Gasteiger partial charge on any atom is 0.304 e. The molecular weight excluding hydrogens is 344 g/mol. The minimum Gasteiger partial charge on any atom is -0.481 e. The van der Waals surface area contributed by atoms with Crippen molar-refractivity contribution in [1.29, 1.82) is 0 Å². The quantitative estimate of drug-likeness (QED) is 0.265. The average molecular weight is 374 g/mol. The van der Waals surface area contributed by atoms with Crippen molar-refractivity contribution in [3.05, 3.63) is 12.7 Å². The number of carbonyl (C=O) groups is 3. The van der Waals surface area contributed by atoms with Gasteiger partial charge in [-0.3, -0.25) is 19.3 Å². The highest BCUT2D eigenvalue weighted by Crippen LogP contribution is 2.04. The summed E-state index contributed by atoms with van der Waals surface area (Å²) in [6.45, 7) is 5.39. The summed E-state index contributed by atoms with van der Waals surface area (Å²) in [6.07, 6.45) is 1.98. The first-order valence-electron chi connectivity index (χ1n) is 8.63. The summed E-state index contributed by atoms with van der Waals surface area (Å²) in [5.41, 5.74) is 0. The molecule has 26 heavy (non-hydrogen) atoms. The fraction of sp³-hybridized carbons (Fsp3) is 0.706. The van der Waals surface area contributed by atoms with E-state index in [1.165, 1.54) is 0 Å². The third-order valence-electron chi connectivity index (χ3n) is 3.83. The molecule has 0 bridgehead atoms. The number of aliphatic carboxylic acids is 3. The second-order valence-electron chi connectivity index (χ2n) is 6.09. The highest BCUT2D eigenvalue weighted by atomic mass is 16.4. The summed E-state index contributed by atoms with van der Waals surface area (Å²) in [7, 11) is 0. The zero-order valence-electron chi connectivity index (χ0n) is 15.0. The molecule has 0 aromatic heterocycles. The Morgan fingerprint density at radius 1 is 0.808 bits per heavy atom. The van der Waals surface area contributed by atoms with E-state index in [1.54, 1.807) is 15.9 Å². The number of carboxylic acid groups (broad SMARTS) is 3. The maximum atomic E-state index is 10.8. The van der Waals surface area contributed by atoms with Crippen molar-refractivity contribution in [1.82, 2.24) is 9.80 Å². The monoisotopic (exact) mass is 374 g/mol. The lowest BCUT2D eigenvalue weighted by Gasteiger charge is -2.28. The Morgan fingerprint density at radius 2 is 1.23 bits per heavy atom. The minimum atomic E-state index is -0.965. The summed E-state index contributed by atoms with van der Waals surface area (Å²) in [5.74, 6) is -2.87. The average Bonchev–Trinajstić information content (AvgIpc) is 2.56. The topological polar surface area (TPSA) is 139 Å². The van der Waals surface area contributed by atoms with E-state index in [0.717, 1.165) is 0 Å². The van der Waals surface area contributed by atoms with Crippen LogP contribution in [-0.4, -0.2) is 93.5 Å². The largest absolute Gasteiger partial charge is 0.481 e. The van der Waals surface area contributed by atoms with Gasteiger partial charge >= 0.3 is 17.9 Å². The van der Waals surface area contributed by atoms with E-state index in [1.807, 2.05) is 0 Å². The van der Waals surface area contributed by atoms with Gasteiger partial charge < -0.3 is 25.3 Å². The Morgan fingerprint density at radius 3 is 1.65 bits per heavy atom. The van der Waals surface area contributed by atoms with Crippen molar-refractivity contribution in [3.8, 4) is 0 Å². The van der Waals surface area contributed by atoms with Crippen LogP contribution in [0.3, 0.4) is 0 Å². The fourth-order valence-corrected chi connectivity index (χ4v) is 2.37. The molecule has 0 saturated heterocycles. The van der Waals surface area contributed by atoms with Crippen molar-refractivity contribution in [2.24, 2.45) is 0 Å². The number of hydrogen-bond acceptors (Lipinski definition) is 6. The van der Waals surface area contributed by atoms with Gasteiger partial charge in [-0.1, -0.05) is 6.08 Å². The van der Waals surface area contributed by atoms with Crippen molar-refractivity contribution < 1.29 is 34.8 Å². The highest BCUT2D eigenvalue weighted by molar-refractivity contribution is 5.67. The molecule has 0 aliphatic rings. The van der Waals surface area contributed by atoms with Gasteiger partial charge in [-0.2, -0.15) is 0 Å². The molecule has 4 N–H and O–H groups in total. The lowest BCUT2D eigenvalue weighted by Crippen LogP contribution is -2.41. The van der Waals surface area contributed by atoms with E-state index in [2.05, 4.69) is 6.58 Å². The van der Waals surface area contributed by atoms with Crippen LogP contribution in [0.15, 0.2) is 12.7 Å². The fourth-order valence-electron chi connectivity index (χ4n) is 2.37. The van der Waals surface area contributed by atoms with Crippen LogP contribution in [0, 0.1) is 0 Å². The SMILES string of the molecule is C=CCCC(O)CN(CCC(=O)O)CCN(CCC(=O)O)CCC(=O)O. The number of hydrogen-bond donors (Lipinski definition) is 4. The van der Waals surface area contributed by atoms with E-state index in [9.17, 15) is 19.5 Å². The molecular formula is C17H30N2O7. The second kappa shape index (κ2) is 14.2. The van der Waals surface area contributed by atoms with Gasteiger partial charge in [-0.05, 0) is 12.8 Å². The predicted molar refractivity (Wildman–Crippen MR) is 95.1 cm³/mol. The lowest BCUT2D eigenvalue weighted by molar-refractivity contribution is -0.139. The molecule has 0 amide bonds. The van der Waals surface area contributed by atoms with E-state index in [0.29, 0.717) is 32.5 Å². The molecule has 0 aliphatic heterocycles. The molecule has 0 fully saturated rings. The predicted octanol–water partition coefficient (Wildman–Crippen LogP) is 0.342. The van der Waals surface area contributed by atoms with Crippen LogP contribution in [0.4, 0.5) is 0 Å². The Labute approximate surface area is 153 Å². The zero-order valence-corrected chi connectivity index (χ0v) is 15.0. The van der Waals surface area contributed by atoms with Crippen LogP contribution in [0.5, 0.6) is 0 Å². The lowest BCUT2D eigenvalue weighted by atomic mass is 10.2. The van der Waals surface area contributed by atoms with E-state index >= 15 is 0 Å². The van der Waals surface area contributed by atoms with E-state index < -0.39 is 24.0 Å². The summed E-state index contributed by atoms with van der Waals surface area (Å²) < 4.78 is 0. The molecule has 0 rings (SSSR count). The minimum absolute atomic E-state index is 0.0710. The van der Waals surface area contributed by atoms with Crippen molar-refractivity contribution in [2.75, 3.05) is 39.3 Å². The zero-order chi connectivity index (χ0) is 19.9. The van der Waals surface area contributed by atoms with Gasteiger partial charge in [0.2, 0.25) is 0 Å².